The molecule has 1 amide bonds. The zero-order chi connectivity index (χ0) is 13.3. The molecule has 1 aromatic carbocycles. The number of nitrogens with zero attached hydrogens (tertiary/aromatic N) is 2. The molecule has 0 saturated carbocycles. The van der Waals surface area contributed by atoms with Crippen LogP contribution in [0, 0.1) is 0 Å². The molecule has 0 spiro atoms. The zero-order valence-electron chi connectivity index (χ0n) is 9.53. The van der Waals surface area contributed by atoms with Crippen molar-refractivity contribution in [3.63, 3.8) is 0 Å². The van der Waals surface area contributed by atoms with Gasteiger partial charge in [0.2, 0.25) is 0 Å². The van der Waals surface area contributed by atoms with Crippen LogP contribution in [0.15, 0.2) is 29.4 Å². The van der Waals surface area contributed by atoms with Gasteiger partial charge in [-0.15, -0.1) is 0 Å². The largest absolute Gasteiger partial charge is 0.497 e. The fraction of sp³-hybridized carbons (Fsp3) is 0.200. The Morgan fingerprint density at radius 2 is 2.17 bits per heavy atom. The summed E-state index contributed by atoms with van der Waals surface area (Å²) in [4.78, 5) is 11.7. The fourth-order valence-electron chi connectivity index (χ4n) is 1.51. The summed E-state index contributed by atoms with van der Waals surface area (Å²) in [5, 5.41) is 9.32. The van der Waals surface area contributed by atoms with Gasteiger partial charge in [0.25, 0.3) is 15.9 Å². The smallest absolute Gasteiger partial charge is 0.254 e. The molecule has 0 fully saturated rings. The summed E-state index contributed by atoms with van der Waals surface area (Å²) in [5.41, 5.74) is 0.429. The lowest BCUT2D eigenvalue weighted by Gasteiger charge is -2.12. The Bertz CT molecular complexity index is 624. The highest BCUT2D eigenvalue weighted by molar-refractivity contribution is 8.04. The van der Waals surface area contributed by atoms with Crippen LogP contribution in [-0.4, -0.2) is 26.5 Å². The van der Waals surface area contributed by atoms with Gasteiger partial charge >= 0.3 is 0 Å². The number of sulfonamides is 1. The third-order valence-electron chi connectivity index (χ3n) is 2.38. The standard InChI is InChI=1S/C10H11N3O4S/c1-17-8-4-2-3-7(5-8)13-10(14)6-9(12-13)18(11,15)16/h2-5H,6H2,1H3,(H2,11,15,16). The maximum Gasteiger partial charge on any atom is 0.254 e. The van der Waals surface area contributed by atoms with Crippen LogP contribution >= 0.6 is 0 Å². The number of carbonyl (C=O) groups is 1. The Morgan fingerprint density at radius 3 is 2.72 bits per heavy atom. The Morgan fingerprint density at radius 1 is 1.44 bits per heavy atom. The molecule has 1 aliphatic rings. The number of rotatable bonds is 2. The fourth-order valence-corrected chi connectivity index (χ4v) is 2.03. The molecule has 2 N–H and O–H groups in total. The second kappa shape index (κ2) is 4.39. The number of anilines is 1. The first kappa shape index (κ1) is 12.5. The number of hydrogen-bond acceptors (Lipinski definition) is 5. The summed E-state index contributed by atoms with van der Waals surface area (Å²) >= 11 is 0. The Labute approximate surface area is 104 Å². The maximum absolute atomic E-state index is 11.7. The molecule has 18 heavy (non-hydrogen) atoms. The summed E-state index contributed by atoms with van der Waals surface area (Å²) in [6.07, 6.45) is -0.323. The molecule has 1 aromatic rings. The van der Waals surface area contributed by atoms with Crippen LogP contribution in [0.2, 0.25) is 0 Å². The van der Waals surface area contributed by atoms with Crippen molar-refractivity contribution < 1.29 is 17.9 Å². The third-order valence-corrected chi connectivity index (χ3v) is 3.26. The van der Waals surface area contributed by atoms with Crippen molar-refractivity contribution in [2.75, 3.05) is 12.1 Å². The van der Waals surface area contributed by atoms with Crippen LogP contribution in [0.25, 0.3) is 0 Å². The Hall–Kier alpha value is -1.93. The summed E-state index contributed by atoms with van der Waals surface area (Å²) in [5.74, 6) is 0.0897. The molecular formula is C10H11N3O4S. The predicted molar refractivity (Wildman–Crippen MR) is 65.6 cm³/mol. The van der Waals surface area contributed by atoms with Crippen molar-refractivity contribution in [1.82, 2.24) is 0 Å². The SMILES string of the molecule is COc1cccc(N2N=C(S(N)(=O)=O)CC2=O)c1. The molecule has 96 valence electrons. The molecule has 0 bridgehead atoms. The van der Waals surface area contributed by atoms with Crippen LogP contribution in [-0.2, 0) is 14.8 Å². The number of benzene rings is 1. The van der Waals surface area contributed by atoms with Crippen molar-refractivity contribution in [3.05, 3.63) is 24.3 Å². The van der Waals surface area contributed by atoms with Crippen molar-refractivity contribution >= 4 is 26.7 Å². The number of primary sulfonamides is 1. The average Bonchev–Trinajstić information content (AvgIpc) is 2.71. The number of hydrazone groups is 1. The first-order valence-electron chi connectivity index (χ1n) is 4.99. The molecule has 1 heterocycles. The van der Waals surface area contributed by atoms with E-state index >= 15 is 0 Å². The first-order chi connectivity index (χ1) is 8.41. The van der Waals surface area contributed by atoms with Crippen LogP contribution in [0.1, 0.15) is 6.42 Å². The number of carbonyl (C=O) groups excluding carboxylic acids is 1. The lowest BCUT2D eigenvalue weighted by Crippen LogP contribution is -2.22. The van der Waals surface area contributed by atoms with E-state index in [1.54, 1.807) is 24.3 Å². The van der Waals surface area contributed by atoms with Crippen molar-refractivity contribution in [3.8, 4) is 5.75 Å². The van der Waals surface area contributed by atoms with Gasteiger partial charge in [-0.1, -0.05) is 6.07 Å². The Balaban J connectivity index is 2.39. The van der Waals surface area contributed by atoms with Crippen molar-refractivity contribution in [2.45, 2.75) is 6.42 Å². The van der Waals surface area contributed by atoms with Gasteiger partial charge in [0.1, 0.15) is 5.75 Å². The molecular weight excluding hydrogens is 258 g/mol. The second-order valence-corrected chi connectivity index (χ2v) is 5.18. The van der Waals surface area contributed by atoms with Crippen molar-refractivity contribution in [1.29, 1.82) is 0 Å². The molecule has 0 saturated heterocycles. The second-order valence-electron chi connectivity index (χ2n) is 3.62. The minimum absolute atomic E-state index is 0.323. The van der Waals surface area contributed by atoms with E-state index in [9.17, 15) is 13.2 Å². The van der Waals surface area contributed by atoms with Gasteiger partial charge in [-0.05, 0) is 12.1 Å². The summed E-state index contributed by atoms with van der Waals surface area (Å²) in [6.45, 7) is 0. The molecule has 1 aliphatic heterocycles. The number of ether oxygens (including phenoxy) is 1. The van der Waals surface area contributed by atoms with Crippen LogP contribution in [0.4, 0.5) is 5.69 Å². The van der Waals surface area contributed by atoms with E-state index in [2.05, 4.69) is 5.10 Å². The number of methoxy groups -OCH3 is 1. The highest BCUT2D eigenvalue weighted by Crippen LogP contribution is 2.25. The number of nitrogens with two attached hydrogens (primary N) is 1. The van der Waals surface area contributed by atoms with E-state index < -0.39 is 15.9 Å². The zero-order valence-corrected chi connectivity index (χ0v) is 10.3. The predicted octanol–water partition coefficient (Wildman–Crippen LogP) is 0.0339. The van der Waals surface area contributed by atoms with Crippen molar-refractivity contribution in [2.24, 2.45) is 10.2 Å². The van der Waals surface area contributed by atoms with Gasteiger partial charge in [-0.3, -0.25) is 4.79 Å². The molecule has 2 rings (SSSR count). The molecule has 0 aromatic heterocycles. The van der Waals surface area contributed by atoms with Crippen LogP contribution in [0.5, 0.6) is 5.75 Å². The van der Waals surface area contributed by atoms with Gasteiger partial charge in [0, 0.05) is 6.07 Å². The van der Waals surface area contributed by atoms with Gasteiger partial charge in [-0.25, -0.2) is 13.6 Å². The highest BCUT2D eigenvalue weighted by Gasteiger charge is 2.31. The first-order valence-corrected chi connectivity index (χ1v) is 6.54. The van der Waals surface area contributed by atoms with E-state index in [1.165, 1.54) is 7.11 Å². The minimum Gasteiger partial charge on any atom is -0.497 e. The quantitative estimate of drug-likeness (QED) is 0.818. The van der Waals surface area contributed by atoms with Gasteiger partial charge in [0.15, 0.2) is 5.04 Å². The van der Waals surface area contributed by atoms with Gasteiger partial charge in [-0.2, -0.15) is 10.1 Å². The molecule has 8 heteroatoms. The van der Waals surface area contributed by atoms with Crippen LogP contribution in [0.3, 0.4) is 0 Å². The van der Waals surface area contributed by atoms with E-state index in [0.29, 0.717) is 11.4 Å². The molecule has 0 aliphatic carbocycles. The maximum atomic E-state index is 11.7. The third kappa shape index (κ3) is 2.34. The van der Waals surface area contributed by atoms with E-state index in [1.807, 2.05) is 0 Å². The summed E-state index contributed by atoms with van der Waals surface area (Å²) in [7, 11) is -2.45. The van der Waals surface area contributed by atoms with E-state index in [-0.39, 0.29) is 11.5 Å². The van der Waals surface area contributed by atoms with Crippen LogP contribution < -0.4 is 14.9 Å². The Kier molecular flexibility index (Phi) is 3.05. The lowest BCUT2D eigenvalue weighted by atomic mass is 10.3. The van der Waals surface area contributed by atoms with E-state index in [4.69, 9.17) is 9.88 Å². The lowest BCUT2D eigenvalue weighted by molar-refractivity contribution is -0.116. The number of amides is 1. The summed E-state index contributed by atoms with van der Waals surface area (Å²) in [6, 6.07) is 6.57. The monoisotopic (exact) mass is 269 g/mol. The summed E-state index contributed by atoms with van der Waals surface area (Å²) < 4.78 is 27.3. The van der Waals surface area contributed by atoms with Gasteiger partial charge in [0.05, 0.1) is 19.2 Å². The molecule has 0 unspecified atom stereocenters. The van der Waals surface area contributed by atoms with E-state index in [0.717, 1.165) is 5.01 Å². The molecule has 7 nitrogen and oxygen atoms in total. The topological polar surface area (TPSA) is 102 Å². The molecule has 0 atom stereocenters. The number of hydrogen-bond donors (Lipinski definition) is 1. The normalized spacial score (nSPS) is 15.8. The average molecular weight is 269 g/mol. The minimum atomic E-state index is -3.94. The highest BCUT2D eigenvalue weighted by atomic mass is 32.2. The van der Waals surface area contributed by atoms with Gasteiger partial charge < -0.3 is 4.74 Å². The molecule has 0 radical (unpaired) electrons.